The molecular weight excluding hydrogens is 164 g/mol. The van der Waals surface area contributed by atoms with Gasteiger partial charge in [0, 0.05) is 0 Å². The van der Waals surface area contributed by atoms with E-state index in [2.05, 4.69) is 20.8 Å². The van der Waals surface area contributed by atoms with Crippen molar-refractivity contribution in [2.45, 2.75) is 46.5 Å². The lowest BCUT2D eigenvalue weighted by Crippen LogP contribution is -2.30. The Kier molecular flexibility index (Phi) is 2.99. The minimum Gasteiger partial charge on any atom is -0.481 e. The van der Waals surface area contributed by atoms with Crippen LogP contribution >= 0.6 is 0 Å². The van der Waals surface area contributed by atoms with Crippen molar-refractivity contribution in [2.75, 3.05) is 0 Å². The summed E-state index contributed by atoms with van der Waals surface area (Å²) in [4.78, 5) is 10.8. The molecule has 76 valence electrons. The number of hydrogen-bond acceptors (Lipinski definition) is 1. The number of carboxylic acid groups (broad SMARTS) is 1. The van der Waals surface area contributed by atoms with Gasteiger partial charge in [0.05, 0.1) is 5.92 Å². The first-order valence-electron chi connectivity index (χ1n) is 5.14. The van der Waals surface area contributed by atoms with E-state index in [0.717, 1.165) is 19.3 Å². The molecule has 0 amide bonds. The zero-order valence-electron chi connectivity index (χ0n) is 8.84. The fourth-order valence-electron chi connectivity index (χ4n) is 2.20. The highest BCUT2D eigenvalue weighted by atomic mass is 16.4. The third-order valence-electron chi connectivity index (χ3n) is 3.25. The zero-order chi connectivity index (χ0) is 10.1. The molecule has 1 aliphatic carbocycles. The van der Waals surface area contributed by atoms with Gasteiger partial charge in [0.2, 0.25) is 0 Å². The van der Waals surface area contributed by atoms with Crippen molar-refractivity contribution in [2.24, 2.45) is 17.3 Å². The first-order chi connectivity index (χ1) is 5.91. The molecule has 2 heteroatoms. The van der Waals surface area contributed by atoms with Crippen LogP contribution < -0.4 is 0 Å². The van der Waals surface area contributed by atoms with Crippen LogP contribution in [0.25, 0.3) is 0 Å². The summed E-state index contributed by atoms with van der Waals surface area (Å²) in [6, 6.07) is 0. The van der Waals surface area contributed by atoms with E-state index in [1.54, 1.807) is 0 Å². The second kappa shape index (κ2) is 3.69. The average Bonchev–Trinajstić information content (AvgIpc) is 2.03. The van der Waals surface area contributed by atoms with Crippen molar-refractivity contribution in [3.63, 3.8) is 0 Å². The predicted octanol–water partition coefficient (Wildman–Crippen LogP) is 2.92. The molecule has 2 nitrogen and oxygen atoms in total. The fraction of sp³-hybridized carbons (Fsp3) is 0.909. The summed E-state index contributed by atoms with van der Waals surface area (Å²) in [7, 11) is 0. The highest BCUT2D eigenvalue weighted by Gasteiger charge is 2.33. The maximum atomic E-state index is 10.8. The Labute approximate surface area is 80.3 Å². The van der Waals surface area contributed by atoms with Gasteiger partial charge in [-0.15, -0.1) is 0 Å². The maximum absolute atomic E-state index is 10.8. The molecular formula is C11H20O2. The van der Waals surface area contributed by atoms with Crippen molar-refractivity contribution in [3.8, 4) is 0 Å². The van der Waals surface area contributed by atoms with Crippen LogP contribution in [-0.2, 0) is 4.79 Å². The largest absolute Gasteiger partial charge is 0.481 e. The van der Waals surface area contributed by atoms with Gasteiger partial charge in [-0.2, -0.15) is 0 Å². The van der Waals surface area contributed by atoms with Gasteiger partial charge in [-0.1, -0.05) is 27.2 Å². The van der Waals surface area contributed by atoms with Crippen molar-refractivity contribution < 1.29 is 9.90 Å². The van der Waals surface area contributed by atoms with Crippen LogP contribution in [0.1, 0.15) is 46.5 Å². The summed E-state index contributed by atoms with van der Waals surface area (Å²) < 4.78 is 0. The lowest BCUT2D eigenvalue weighted by atomic mass is 9.69. The van der Waals surface area contributed by atoms with Crippen LogP contribution in [0.4, 0.5) is 0 Å². The van der Waals surface area contributed by atoms with Gasteiger partial charge in [0.1, 0.15) is 0 Å². The SMILES string of the molecule is CC(C)(C)C1CCCC(C(=O)O)C1. The molecule has 1 fully saturated rings. The summed E-state index contributed by atoms with van der Waals surface area (Å²) in [6.07, 6.45) is 4.03. The average molecular weight is 184 g/mol. The molecule has 0 heterocycles. The Morgan fingerprint density at radius 2 is 1.92 bits per heavy atom. The van der Waals surface area contributed by atoms with E-state index in [-0.39, 0.29) is 11.3 Å². The quantitative estimate of drug-likeness (QED) is 0.680. The van der Waals surface area contributed by atoms with E-state index in [1.165, 1.54) is 6.42 Å². The molecule has 0 aromatic heterocycles. The topological polar surface area (TPSA) is 37.3 Å². The van der Waals surface area contributed by atoms with E-state index in [9.17, 15) is 4.79 Å². The molecule has 1 aliphatic rings. The van der Waals surface area contributed by atoms with Gasteiger partial charge in [-0.05, 0) is 30.6 Å². The zero-order valence-corrected chi connectivity index (χ0v) is 8.84. The summed E-state index contributed by atoms with van der Waals surface area (Å²) in [5, 5.41) is 8.92. The lowest BCUT2D eigenvalue weighted by Gasteiger charge is -2.36. The third-order valence-corrected chi connectivity index (χ3v) is 3.25. The molecule has 1 N–H and O–H groups in total. The van der Waals surface area contributed by atoms with Crippen LogP contribution in [0.5, 0.6) is 0 Å². The minimum absolute atomic E-state index is 0.0852. The van der Waals surface area contributed by atoms with Gasteiger partial charge in [0.25, 0.3) is 0 Å². The Hall–Kier alpha value is -0.530. The number of carbonyl (C=O) groups is 1. The molecule has 1 saturated carbocycles. The summed E-state index contributed by atoms with van der Waals surface area (Å²) in [5.74, 6) is -0.103. The number of aliphatic carboxylic acids is 1. The first kappa shape index (κ1) is 10.6. The molecule has 0 aliphatic heterocycles. The van der Waals surface area contributed by atoms with Crippen molar-refractivity contribution in [1.82, 2.24) is 0 Å². The molecule has 2 atom stereocenters. The number of hydrogen-bond donors (Lipinski definition) is 1. The summed E-state index contributed by atoms with van der Waals surface area (Å²) in [5.41, 5.74) is 0.272. The van der Waals surface area contributed by atoms with E-state index < -0.39 is 5.97 Å². The van der Waals surface area contributed by atoms with Gasteiger partial charge in [-0.25, -0.2) is 0 Å². The molecule has 0 aromatic carbocycles. The van der Waals surface area contributed by atoms with E-state index in [1.807, 2.05) is 0 Å². The van der Waals surface area contributed by atoms with Gasteiger partial charge in [0.15, 0.2) is 0 Å². The molecule has 2 unspecified atom stereocenters. The molecule has 0 bridgehead atoms. The first-order valence-corrected chi connectivity index (χ1v) is 5.14. The minimum atomic E-state index is -0.603. The molecule has 0 saturated heterocycles. The second-order valence-electron chi connectivity index (χ2n) is 5.26. The van der Waals surface area contributed by atoms with E-state index in [0.29, 0.717) is 5.92 Å². The third kappa shape index (κ3) is 2.71. The van der Waals surface area contributed by atoms with Crippen LogP contribution in [-0.4, -0.2) is 11.1 Å². The Balaban J connectivity index is 2.57. The van der Waals surface area contributed by atoms with Gasteiger partial charge in [-0.3, -0.25) is 4.79 Å². The monoisotopic (exact) mass is 184 g/mol. The normalized spacial score (nSPS) is 30.1. The Morgan fingerprint density at radius 3 is 2.38 bits per heavy atom. The highest BCUT2D eigenvalue weighted by molar-refractivity contribution is 5.70. The number of carboxylic acids is 1. The molecule has 0 aromatic rings. The Bertz CT molecular complexity index is 191. The number of rotatable bonds is 1. The van der Waals surface area contributed by atoms with Crippen molar-refractivity contribution in [1.29, 1.82) is 0 Å². The van der Waals surface area contributed by atoms with Gasteiger partial charge >= 0.3 is 5.97 Å². The highest BCUT2D eigenvalue weighted by Crippen LogP contribution is 2.40. The lowest BCUT2D eigenvalue weighted by molar-refractivity contribution is -0.143. The summed E-state index contributed by atoms with van der Waals surface area (Å²) in [6.45, 7) is 6.63. The predicted molar refractivity (Wildman–Crippen MR) is 52.5 cm³/mol. The van der Waals surface area contributed by atoms with E-state index in [4.69, 9.17) is 5.11 Å². The smallest absolute Gasteiger partial charge is 0.306 e. The van der Waals surface area contributed by atoms with E-state index >= 15 is 0 Å². The summed E-state index contributed by atoms with van der Waals surface area (Å²) >= 11 is 0. The molecule has 13 heavy (non-hydrogen) atoms. The maximum Gasteiger partial charge on any atom is 0.306 e. The molecule has 0 spiro atoms. The van der Waals surface area contributed by atoms with Gasteiger partial charge < -0.3 is 5.11 Å². The van der Waals surface area contributed by atoms with Crippen molar-refractivity contribution >= 4 is 5.97 Å². The second-order valence-corrected chi connectivity index (χ2v) is 5.26. The Morgan fingerprint density at radius 1 is 1.31 bits per heavy atom. The molecule has 0 radical (unpaired) electrons. The van der Waals surface area contributed by atoms with Crippen LogP contribution in [0, 0.1) is 17.3 Å². The van der Waals surface area contributed by atoms with Crippen LogP contribution in [0.3, 0.4) is 0 Å². The standard InChI is InChI=1S/C11H20O2/c1-11(2,3)9-6-4-5-8(7-9)10(12)13/h8-9H,4-7H2,1-3H3,(H,12,13). The van der Waals surface area contributed by atoms with Crippen LogP contribution in [0.2, 0.25) is 0 Å². The fourth-order valence-corrected chi connectivity index (χ4v) is 2.20. The molecule has 1 rings (SSSR count). The van der Waals surface area contributed by atoms with Crippen molar-refractivity contribution in [3.05, 3.63) is 0 Å². The van der Waals surface area contributed by atoms with Crippen LogP contribution in [0.15, 0.2) is 0 Å².